The Labute approximate surface area is 117 Å². The first-order valence-corrected chi connectivity index (χ1v) is 6.69. The molecule has 20 heavy (non-hydrogen) atoms. The van der Waals surface area contributed by atoms with Gasteiger partial charge in [-0.1, -0.05) is 30.3 Å². The lowest BCUT2D eigenvalue weighted by Gasteiger charge is -2.10. The number of hydrogen-bond acceptors (Lipinski definition) is 3. The molecule has 3 heteroatoms. The van der Waals surface area contributed by atoms with Crippen molar-refractivity contribution >= 4 is 5.97 Å². The Kier molecular flexibility index (Phi) is 3.18. The molecular formula is C17H16O3. The molecule has 0 aliphatic heterocycles. The van der Waals surface area contributed by atoms with E-state index in [-0.39, 0.29) is 17.6 Å². The number of esters is 1. The largest absolute Gasteiger partial charge is 0.508 e. The summed E-state index contributed by atoms with van der Waals surface area (Å²) in [4.78, 5) is 11.7. The summed E-state index contributed by atoms with van der Waals surface area (Å²) in [5, 5.41) is 9.33. The molecule has 3 rings (SSSR count). The molecule has 1 atom stereocenters. The Morgan fingerprint density at radius 2 is 1.85 bits per heavy atom. The summed E-state index contributed by atoms with van der Waals surface area (Å²) in [7, 11) is 1.44. The van der Waals surface area contributed by atoms with E-state index in [1.165, 1.54) is 12.7 Å². The fraction of sp³-hybridized carbons (Fsp3) is 0.235. The smallest absolute Gasteiger partial charge is 0.313 e. The first-order valence-electron chi connectivity index (χ1n) is 6.69. The molecule has 1 aliphatic carbocycles. The number of rotatable bonds is 2. The molecule has 0 fully saturated rings. The number of fused-ring (bicyclic) bond motifs is 1. The molecule has 1 unspecified atom stereocenters. The van der Waals surface area contributed by atoms with E-state index < -0.39 is 0 Å². The lowest BCUT2D eigenvalue weighted by atomic mass is 9.97. The quantitative estimate of drug-likeness (QED) is 0.850. The van der Waals surface area contributed by atoms with Gasteiger partial charge in [0.25, 0.3) is 0 Å². The fourth-order valence-corrected chi connectivity index (χ4v) is 2.84. The highest BCUT2D eigenvalue weighted by Crippen LogP contribution is 2.36. The first kappa shape index (κ1) is 12.7. The maximum Gasteiger partial charge on any atom is 0.313 e. The van der Waals surface area contributed by atoms with Crippen molar-refractivity contribution in [1.82, 2.24) is 0 Å². The Balaban J connectivity index is 1.95. The summed E-state index contributed by atoms with van der Waals surface area (Å²) in [6.45, 7) is 0. The van der Waals surface area contributed by atoms with Gasteiger partial charge in [-0.3, -0.25) is 4.79 Å². The minimum Gasteiger partial charge on any atom is -0.508 e. The van der Waals surface area contributed by atoms with Gasteiger partial charge in [0.1, 0.15) is 5.75 Å². The van der Waals surface area contributed by atoms with E-state index in [0.29, 0.717) is 0 Å². The second-order valence-electron chi connectivity index (χ2n) is 5.07. The van der Waals surface area contributed by atoms with E-state index in [1.807, 2.05) is 24.3 Å². The molecular weight excluding hydrogens is 252 g/mol. The number of hydrogen-bond donors (Lipinski definition) is 1. The molecule has 2 aromatic rings. The molecule has 2 aromatic carbocycles. The van der Waals surface area contributed by atoms with Gasteiger partial charge in [0.15, 0.2) is 0 Å². The molecule has 0 heterocycles. The van der Waals surface area contributed by atoms with E-state index >= 15 is 0 Å². The Hall–Kier alpha value is -2.29. The number of aryl methyl sites for hydroxylation is 1. The molecule has 0 bridgehead atoms. The van der Waals surface area contributed by atoms with Crippen LogP contribution in [0.2, 0.25) is 0 Å². The Bertz CT molecular complexity index is 644. The van der Waals surface area contributed by atoms with Gasteiger partial charge < -0.3 is 9.84 Å². The van der Waals surface area contributed by atoms with E-state index in [2.05, 4.69) is 6.07 Å². The van der Waals surface area contributed by atoms with Gasteiger partial charge in [0, 0.05) is 0 Å². The van der Waals surface area contributed by atoms with Crippen molar-refractivity contribution in [2.75, 3.05) is 7.11 Å². The number of methoxy groups -OCH3 is 1. The zero-order chi connectivity index (χ0) is 14.1. The van der Waals surface area contributed by atoms with Crippen LogP contribution in [0.4, 0.5) is 0 Å². The predicted octanol–water partition coefficient (Wildman–Crippen LogP) is 3.26. The second kappa shape index (κ2) is 5.00. The molecule has 3 nitrogen and oxygen atoms in total. The third-order valence-electron chi connectivity index (χ3n) is 3.91. The van der Waals surface area contributed by atoms with Gasteiger partial charge in [0.2, 0.25) is 0 Å². The maximum absolute atomic E-state index is 11.7. The summed E-state index contributed by atoms with van der Waals surface area (Å²) >= 11 is 0. The highest BCUT2D eigenvalue weighted by Gasteiger charge is 2.29. The van der Waals surface area contributed by atoms with Crippen molar-refractivity contribution in [1.29, 1.82) is 0 Å². The minimum atomic E-state index is -0.152. The molecule has 1 N–H and O–H groups in total. The third kappa shape index (κ3) is 2.16. The van der Waals surface area contributed by atoms with Gasteiger partial charge in [-0.25, -0.2) is 0 Å². The molecule has 0 spiro atoms. The minimum absolute atomic E-state index is 0.121. The van der Waals surface area contributed by atoms with E-state index in [1.54, 1.807) is 12.1 Å². The molecule has 0 saturated heterocycles. The average Bonchev–Trinajstić information content (AvgIpc) is 2.90. The lowest BCUT2D eigenvalue weighted by Crippen LogP contribution is -2.11. The van der Waals surface area contributed by atoms with Crippen LogP contribution >= 0.6 is 0 Å². The molecule has 0 saturated carbocycles. The van der Waals surface area contributed by atoms with Crippen LogP contribution in [-0.2, 0) is 16.0 Å². The van der Waals surface area contributed by atoms with Gasteiger partial charge in [-0.2, -0.15) is 0 Å². The van der Waals surface area contributed by atoms with Crippen LogP contribution in [0.15, 0.2) is 42.5 Å². The average molecular weight is 268 g/mol. The number of carbonyl (C=O) groups is 1. The van der Waals surface area contributed by atoms with Crippen LogP contribution < -0.4 is 0 Å². The van der Waals surface area contributed by atoms with Gasteiger partial charge in [-0.05, 0) is 47.2 Å². The monoisotopic (exact) mass is 268 g/mol. The zero-order valence-electron chi connectivity index (χ0n) is 11.3. The van der Waals surface area contributed by atoms with Crippen LogP contribution in [0.3, 0.4) is 0 Å². The molecule has 0 radical (unpaired) electrons. The van der Waals surface area contributed by atoms with Gasteiger partial charge >= 0.3 is 5.97 Å². The van der Waals surface area contributed by atoms with Gasteiger partial charge in [-0.15, -0.1) is 0 Å². The number of benzene rings is 2. The van der Waals surface area contributed by atoms with Crippen LogP contribution in [-0.4, -0.2) is 18.2 Å². The predicted molar refractivity (Wildman–Crippen MR) is 76.6 cm³/mol. The molecule has 0 amide bonds. The first-order chi connectivity index (χ1) is 9.69. The van der Waals surface area contributed by atoms with Crippen molar-refractivity contribution in [2.24, 2.45) is 0 Å². The summed E-state index contributed by atoms with van der Waals surface area (Å²) < 4.78 is 4.85. The van der Waals surface area contributed by atoms with E-state index in [4.69, 9.17) is 4.74 Å². The summed E-state index contributed by atoms with van der Waals surface area (Å²) in [5.41, 5.74) is 4.46. The number of ether oxygens (including phenoxy) is 1. The second-order valence-corrected chi connectivity index (χ2v) is 5.07. The SMILES string of the molecule is COC(=O)C1CCc2cc(-c3ccc(O)cc3)ccc21. The normalized spacial score (nSPS) is 16.8. The Morgan fingerprint density at radius 1 is 1.15 bits per heavy atom. The zero-order valence-corrected chi connectivity index (χ0v) is 11.3. The van der Waals surface area contributed by atoms with Crippen molar-refractivity contribution < 1.29 is 14.6 Å². The Morgan fingerprint density at radius 3 is 2.55 bits per heavy atom. The summed E-state index contributed by atoms with van der Waals surface area (Å²) in [6, 6.07) is 13.3. The third-order valence-corrected chi connectivity index (χ3v) is 3.91. The number of phenols is 1. The maximum atomic E-state index is 11.7. The number of phenolic OH excluding ortho intramolecular Hbond substituents is 1. The summed E-state index contributed by atoms with van der Waals surface area (Å²) in [5.74, 6) is -0.00864. The van der Waals surface area contributed by atoms with Crippen molar-refractivity contribution in [3.8, 4) is 16.9 Å². The van der Waals surface area contributed by atoms with Crippen molar-refractivity contribution in [3.63, 3.8) is 0 Å². The van der Waals surface area contributed by atoms with Crippen LogP contribution in [0, 0.1) is 0 Å². The van der Waals surface area contributed by atoms with Crippen LogP contribution in [0.1, 0.15) is 23.5 Å². The fourth-order valence-electron chi connectivity index (χ4n) is 2.84. The number of aromatic hydroxyl groups is 1. The van der Waals surface area contributed by atoms with Crippen LogP contribution in [0.25, 0.3) is 11.1 Å². The van der Waals surface area contributed by atoms with Crippen LogP contribution in [0.5, 0.6) is 5.75 Å². The standard InChI is InChI=1S/C17H16O3/c1-20-17(19)16-9-5-13-10-12(4-8-15(13)16)11-2-6-14(18)7-3-11/h2-4,6-8,10,16,18H,5,9H2,1H3. The summed E-state index contributed by atoms with van der Waals surface area (Å²) in [6.07, 6.45) is 1.72. The molecule has 102 valence electrons. The number of carbonyl (C=O) groups excluding carboxylic acids is 1. The van der Waals surface area contributed by atoms with E-state index in [9.17, 15) is 9.90 Å². The van der Waals surface area contributed by atoms with Crippen molar-refractivity contribution in [2.45, 2.75) is 18.8 Å². The topological polar surface area (TPSA) is 46.5 Å². The van der Waals surface area contributed by atoms with Crippen molar-refractivity contribution in [3.05, 3.63) is 53.6 Å². The molecule has 0 aromatic heterocycles. The van der Waals surface area contributed by atoms with E-state index in [0.717, 1.165) is 29.5 Å². The molecule has 1 aliphatic rings. The van der Waals surface area contributed by atoms with Gasteiger partial charge in [0.05, 0.1) is 13.0 Å². The highest BCUT2D eigenvalue weighted by molar-refractivity contribution is 5.80. The highest BCUT2D eigenvalue weighted by atomic mass is 16.5. The lowest BCUT2D eigenvalue weighted by molar-refractivity contribution is -0.142.